The maximum atomic E-state index is 13.1. The number of rotatable bonds is 4. The molecule has 1 saturated carbocycles. The molecule has 0 saturated heterocycles. The van der Waals surface area contributed by atoms with Gasteiger partial charge in [0.2, 0.25) is 5.95 Å². The lowest BCUT2D eigenvalue weighted by molar-refractivity contribution is 0.0950. The highest BCUT2D eigenvalue weighted by Gasteiger charge is 2.26. The number of hydrogen-bond donors (Lipinski definition) is 1. The van der Waals surface area contributed by atoms with E-state index in [0.29, 0.717) is 12.1 Å². The molecule has 1 aliphatic heterocycles. The number of carbonyl (C=O) groups is 1. The number of fused-ring (bicyclic) bond motifs is 1. The van der Waals surface area contributed by atoms with Gasteiger partial charge in [0.1, 0.15) is 0 Å². The van der Waals surface area contributed by atoms with Crippen molar-refractivity contribution < 1.29 is 9.18 Å². The van der Waals surface area contributed by atoms with Crippen molar-refractivity contribution in [2.75, 3.05) is 13.1 Å². The van der Waals surface area contributed by atoms with Crippen molar-refractivity contribution in [2.24, 2.45) is 0 Å². The van der Waals surface area contributed by atoms with Gasteiger partial charge in [-0.1, -0.05) is 24.6 Å². The molecular formula is C21H24FN3O. The molecule has 1 amide bonds. The highest BCUT2D eigenvalue weighted by atomic mass is 19.1. The van der Waals surface area contributed by atoms with E-state index >= 15 is 0 Å². The van der Waals surface area contributed by atoms with Crippen LogP contribution in [0.15, 0.2) is 36.5 Å². The van der Waals surface area contributed by atoms with E-state index in [4.69, 9.17) is 0 Å². The molecule has 2 aliphatic rings. The highest BCUT2D eigenvalue weighted by molar-refractivity contribution is 5.93. The number of aromatic nitrogens is 1. The van der Waals surface area contributed by atoms with E-state index < -0.39 is 5.95 Å². The molecule has 1 fully saturated rings. The van der Waals surface area contributed by atoms with Crippen LogP contribution in [-0.2, 0) is 19.4 Å². The van der Waals surface area contributed by atoms with E-state index in [-0.39, 0.29) is 5.91 Å². The van der Waals surface area contributed by atoms with Crippen LogP contribution in [0.25, 0.3) is 0 Å². The molecule has 1 aromatic heterocycles. The van der Waals surface area contributed by atoms with Crippen molar-refractivity contribution in [1.29, 1.82) is 0 Å². The molecule has 4 rings (SSSR count). The fraction of sp³-hybridized carbons (Fsp3) is 0.429. The Kier molecular flexibility index (Phi) is 4.98. The van der Waals surface area contributed by atoms with Crippen LogP contribution in [0.1, 0.15) is 46.3 Å². The topological polar surface area (TPSA) is 45.2 Å². The van der Waals surface area contributed by atoms with E-state index in [0.717, 1.165) is 43.6 Å². The van der Waals surface area contributed by atoms with Crippen LogP contribution >= 0.6 is 0 Å². The van der Waals surface area contributed by atoms with Crippen LogP contribution in [0.4, 0.5) is 4.39 Å². The van der Waals surface area contributed by atoms with Gasteiger partial charge < -0.3 is 5.32 Å². The Balaban J connectivity index is 1.38. The molecular weight excluding hydrogens is 329 g/mol. The second-order valence-corrected chi connectivity index (χ2v) is 7.27. The zero-order valence-corrected chi connectivity index (χ0v) is 14.9. The second-order valence-electron chi connectivity index (χ2n) is 7.27. The monoisotopic (exact) mass is 353 g/mol. The Morgan fingerprint density at radius 2 is 1.96 bits per heavy atom. The van der Waals surface area contributed by atoms with Crippen LogP contribution in [-0.4, -0.2) is 34.9 Å². The maximum absolute atomic E-state index is 13.1. The van der Waals surface area contributed by atoms with Crippen LogP contribution in [0.5, 0.6) is 0 Å². The molecule has 0 atom stereocenters. The zero-order valence-electron chi connectivity index (χ0n) is 14.9. The fourth-order valence-electron chi connectivity index (χ4n) is 3.85. The van der Waals surface area contributed by atoms with Crippen molar-refractivity contribution in [3.8, 4) is 0 Å². The second kappa shape index (κ2) is 7.54. The Bertz CT molecular complexity index is 804. The largest absolute Gasteiger partial charge is 0.348 e. The maximum Gasteiger partial charge on any atom is 0.251 e. The number of nitrogens with one attached hydrogen (secondary N) is 1. The summed E-state index contributed by atoms with van der Waals surface area (Å²) in [6.07, 6.45) is 7.56. The third kappa shape index (κ3) is 3.78. The van der Waals surface area contributed by atoms with Crippen molar-refractivity contribution in [3.05, 3.63) is 64.7 Å². The summed E-state index contributed by atoms with van der Waals surface area (Å²) in [7, 11) is 0. The molecule has 2 aromatic rings. The quantitative estimate of drug-likeness (QED) is 0.859. The summed E-state index contributed by atoms with van der Waals surface area (Å²) in [5.41, 5.74) is 4.21. The van der Waals surface area contributed by atoms with Crippen LogP contribution in [0, 0.1) is 5.95 Å². The number of pyridine rings is 1. The molecule has 0 unspecified atom stereocenters. The van der Waals surface area contributed by atoms with E-state index in [1.54, 1.807) is 0 Å². The van der Waals surface area contributed by atoms with Gasteiger partial charge in [-0.3, -0.25) is 9.69 Å². The number of amides is 1. The predicted octanol–water partition coefficient (Wildman–Crippen LogP) is 3.10. The van der Waals surface area contributed by atoms with Gasteiger partial charge in [-0.2, -0.15) is 4.39 Å². The standard InChI is InChI=1S/C21H24FN3O/c22-20-13-18(6-9-23-20)21(26)24-14-15-4-5-16-7-10-25(19-2-1-3-19)11-8-17(16)12-15/h4-6,9,12-13,19H,1-3,7-8,10-11,14H2,(H,24,26). The minimum Gasteiger partial charge on any atom is -0.348 e. The first-order chi connectivity index (χ1) is 12.7. The lowest BCUT2D eigenvalue weighted by Gasteiger charge is -2.36. The Morgan fingerprint density at radius 1 is 1.15 bits per heavy atom. The Morgan fingerprint density at radius 3 is 2.69 bits per heavy atom. The van der Waals surface area contributed by atoms with E-state index in [1.807, 2.05) is 0 Å². The summed E-state index contributed by atoms with van der Waals surface area (Å²) >= 11 is 0. The van der Waals surface area contributed by atoms with Gasteiger partial charge in [0.15, 0.2) is 0 Å². The molecule has 1 aromatic carbocycles. The number of carbonyl (C=O) groups excluding carboxylic acids is 1. The van der Waals surface area contributed by atoms with E-state index in [2.05, 4.69) is 33.4 Å². The number of benzene rings is 1. The summed E-state index contributed by atoms with van der Waals surface area (Å²) in [4.78, 5) is 18.3. The molecule has 26 heavy (non-hydrogen) atoms. The van der Waals surface area contributed by atoms with Gasteiger partial charge in [0.25, 0.3) is 5.91 Å². The number of nitrogens with zero attached hydrogens (tertiary/aromatic N) is 2. The molecule has 0 spiro atoms. The molecule has 136 valence electrons. The Labute approximate surface area is 153 Å². The van der Waals surface area contributed by atoms with Crippen LogP contribution in [0.3, 0.4) is 0 Å². The van der Waals surface area contributed by atoms with Crippen LogP contribution < -0.4 is 5.32 Å². The molecule has 0 bridgehead atoms. The minimum atomic E-state index is -0.640. The van der Waals surface area contributed by atoms with Gasteiger partial charge in [-0.25, -0.2) is 4.98 Å². The normalized spacial score (nSPS) is 17.9. The van der Waals surface area contributed by atoms with E-state index in [1.165, 1.54) is 42.7 Å². The number of hydrogen-bond acceptors (Lipinski definition) is 3. The average molecular weight is 353 g/mol. The summed E-state index contributed by atoms with van der Waals surface area (Å²) in [6.45, 7) is 2.73. The van der Waals surface area contributed by atoms with Crippen molar-refractivity contribution in [3.63, 3.8) is 0 Å². The molecule has 0 radical (unpaired) electrons. The van der Waals surface area contributed by atoms with Gasteiger partial charge in [0, 0.05) is 43.5 Å². The van der Waals surface area contributed by atoms with Gasteiger partial charge in [-0.05, 0) is 48.4 Å². The fourth-order valence-corrected chi connectivity index (χ4v) is 3.85. The lowest BCUT2D eigenvalue weighted by atomic mass is 9.91. The lowest BCUT2D eigenvalue weighted by Crippen LogP contribution is -2.41. The summed E-state index contributed by atoms with van der Waals surface area (Å²) in [6, 6.07) is 9.97. The predicted molar refractivity (Wildman–Crippen MR) is 98.4 cm³/mol. The first kappa shape index (κ1) is 17.2. The Hall–Kier alpha value is -2.27. The summed E-state index contributed by atoms with van der Waals surface area (Å²) in [5, 5.41) is 2.87. The first-order valence-electron chi connectivity index (χ1n) is 9.43. The van der Waals surface area contributed by atoms with Crippen molar-refractivity contribution in [2.45, 2.75) is 44.7 Å². The SMILES string of the molecule is O=C(NCc1ccc2c(c1)CCN(C1CCC1)CC2)c1ccnc(F)c1. The van der Waals surface area contributed by atoms with Crippen LogP contribution in [0.2, 0.25) is 0 Å². The van der Waals surface area contributed by atoms with E-state index in [9.17, 15) is 9.18 Å². The smallest absolute Gasteiger partial charge is 0.251 e. The number of halogens is 1. The molecule has 5 heteroatoms. The molecule has 2 heterocycles. The average Bonchev–Trinajstić information content (AvgIpc) is 2.81. The first-order valence-corrected chi connectivity index (χ1v) is 9.43. The van der Waals surface area contributed by atoms with Crippen molar-refractivity contribution in [1.82, 2.24) is 15.2 Å². The van der Waals surface area contributed by atoms with Gasteiger partial charge >= 0.3 is 0 Å². The molecule has 1 N–H and O–H groups in total. The van der Waals surface area contributed by atoms with Gasteiger partial charge in [-0.15, -0.1) is 0 Å². The van der Waals surface area contributed by atoms with Gasteiger partial charge in [0.05, 0.1) is 0 Å². The summed E-state index contributed by atoms with van der Waals surface area (Å²) < 4.78 is 13.1. The summed E-state index contributed by atoms with van der Waals surface area (Å²) in [5.74, 6) is -0.920. The third-order valence-corrected chi connectivity index (χ3v) is 5.64. The molecule has 1 aliphatic carbocycles. The third-order valence-electron chi connectivity index (χ3n) is 5.64. The van der Waals surface area contributed by atoms with Crippen molar-refractivity contribution >= 4 is 5.91 Å². The minimum absolute atomic E-state index is 0.280. The molecule has 4 nitrogen and oxygen atoms in total. The highest BCUT2D eigenvalue weighted by Crippen LogP contribution is 2.27. The zero-order chi connectivity index (χ0) is 17.9.